The fraction of sp³-hybridized carbons (Fsp3) is 0.391. The van der Waals surface area contributed by atoms with Crippen molar-refractivity contribution in [1.29, 1.82) is 0 Å². The van der Waals surface area contributed by atoms with Crippen molar-refractivity contribution in [2.75, 3.05) is 25.0 Å². The molecule has 1 fully saturated rings. The van der Waals surface area contributed by atoms with Crippen LogP contribution in [-0.4, -0.2) is 44.3 Å². The molecule has 0 aliphatic carbocycles. The molecule has 0 unspecified atom stereocenters. The van der Waals surface area contributed by atoms with Crippen LogP contribution in [0.1, 0.15) is 58.9 Å². The Labute approximate surface area is 183 Å². The summed E-state index contributed by atoms with van der Waals surface area (Å²) in [5.74, 6) is -0.809. The zero-order chi connectivity index (χ0) is 22.4. The maximum absolute atomic E-state index is 12.8. The van der Waals surface area contributed by atoms with Gasteiger partial charge in [-0.15, -0.1) is 0 Å². The zero-order valence-electron chi connectivity index (χ0n) is 17.9. The minimum atomic E-state index is -3.61. The first-order valence-electron chi connectivity index (χ1n) is 10.5. The molecular weight excluding hydrogens is 416 g/mol. The number of unbranched alkanes of at least 4 members (excludes halogenated alkanes) is 1. The van der Waals surface area contributed by atoms with Crippen molar-refractivity contribution in [3.63, 3.8) is 0 Å². The number of sulfonamides is 1. The summed E-state index contributed by atoms with van der Waals surface area (Å²) in [4.78, 5) is 24.9. The molecule has 166 valence electrons. The number of hydrogen-bond donors (Lipinski definition) is 1. The second-order valence-corrected chi connectivity index (χ2v) is 9.55. The largest absolute Gasteiger partial charge is 0.462 e. The molecule has 0 saturated carbocycles. The monoisotopic (exact) mass is 444 g/mol. The second kappa shape index (κ2) is 10.1. The van der Waals surface area contributed by atoms with Gasteiger partial charge in [-0.05, 0) is 68.1 Å². The van der Waals surface area contributed by atoms with Crippen LogP contribution in [0.3, 0.4) is 0 Å². The van der Waals surface area contributed by atoms with Gasteiger partial charge in [0.15, 0.2) is 0 Å². The molecule has 3 rings (SSSR count). The van der Waals surface area contributed by atoms with E-state index in [-0.39, 0.29) is 4.90 Å². The van der Waals surface area contributed by atoms with Crippen molar-refractivity contribution in [1.82, 2.24) is 4.31 Å². The molecule has 31 heavy (non-hydrogen) atoms. The van der Waals surface area contributed by atoms with E-state index < -0.39 is 21.9 Å². The Morgan fingerprint density at radius 1 is 1.06 bits per heavy atom. The number of benzene rings is 2. The summed E-state index contributed by atoms with van der Waals surface area (Å²) in [7, 11) is -3.61. The first-order valence-corrected chi connectivity index (χ1v) is 12.0. The van der Waals surface area contributed by atoms with Crippen LogP contribution in [0.5, 0.6) is 0 Å². The summed E-state index contributed by atoms with van der Waals surface area (Å²) >= 11 is 0. The summed E-state index contributed by atoms with van der Waals surface area (Å²) in [5, 5.41) is 2.77. The van der Waals surface area contributed by atoms with Crippen molar-refractivity contribution >= 4 is 27.6 Å². The molecule has 7 nitrogen and oxygen atoms in total. The van der Waals surface area contributed by atoms with Crippen molar-refractivity contribution in [2.24, 2.45) is 0 Å². The van der Waals surface area contributed by atoms with E-state index >= 15 is 0 Å². The van der Waals surface area contributed by atoms with E-state index in [4.69, 9.17) is 4.74 Å². The highest BCUT2D eigenvalue weighted by atomic mass is 32.2. The SMILES string of the molecule is CCCCOC(=O)c1ccc(NC(=O)c2cc(S(=O)(=O)N3CCCC3)ccc2C)cc1. The van der Waals surface area contributed by atoms with Gasteiger partial charge in [-0.25, -0.2) is 13.2 Å². The fourth-order valence-corrected chi connectivity index (χ4v) is 4.91. The lowest BCUT2D eigenvalue weighted by Crippen LogP contribution is -2.28. The lowest BCUT2D eigenvalue weighted by atomic mass is 10.1. The van der Waals surface area contributed by atoms with E-state index in [1.807, 2.05) is 6.92 Å². The molecule has 0 radical (unpaired) electrons. The fourth-order valence-electron chi connectivity index (χ4n) is 3.36. The van der Waals surface area contributed by atoms with Crippen LogP contribution in [0.25, 0.3) is 0 Å². The molecule has 1 aliphatic rings. The lowest BCUT2D eigenvalue weighted by Gasteiger charge is -2.17. The van der Waals surface area contributed by atoms with Gasteiger partial charge in [0, 0.05) is 24.3 Å². The number of nitrogens with one attached hydrogen (secondary N) is 1. The van der Waals surface area contributed by atoms with Gasteiger partial charge in [-0.1, -0.05) is 19.4 Å². The summed E-state index contributed by atoms with van der Waals surface area (Å²) in [6.07, 6.45) is 3.45. The van der Waals surface area contributed by atoms with Gasteiger partial charge >= 0.3 is 5.97 Å². The Morgan fingerprint density at radius 3 is 2.39 bits per heavy atom. The molecule has 0 aromatic heterocycles. The molecule has 1 amide bonds. The Bertz CT molecular complexity index is 1040. The average molecular weight is 445 g/mol. The van der Waals surface area contributed by atoms with Crippen molar-refractivity contribution in [2.45, 2.75) is 44.4 Å². The first-order chi connectivity index (χ1) is 14.8. The quantitative estimate of drug-likeness (QED) is 0.491. The number of carbonyl (C=O) groups is 2. The van der Waals surface area contributed by atoms with E-state index in [9.17, 15) is 18.0 Å². The number of hydrogen-bond acceptors (Lipinski definition) is 5. The molecule has 2 aromatic rings. The van der Waals surface area contributed by atoms with E-state index in [0.29, 0.717) is 42.1 Å². The zero-order valence-corrected chi connectivity index (χ0v) is 18.7. The predicted octanol–water partition coefficient (Wildman–Crippen LogP) is 3.99. The van der Waals surface area contributed by atoms with E-state index in [2.05, 4.69) is 5.32 Å². The van der Waals surface area contributed by atoms with Crippen LogP contribution < -0.4 is 5.32 Å². The van der Waals surface area contributed by atoms with Crippen LogP contribution >= 0.6 is 0 Å². The van der Waals surface area contributed by atoms with Gasteiger partial charge in [0.2, 0.25) is 10.0 Å². The normalized spacial score (nSPS) is 14.4. The topological polar surface area (TPSA) is 92.8 Å². The third-order valence-electron chi connectivity index (χ3n) is 5.27. The van der Waals surface area contributed by atoms with Crippen LogP contribution in [-0.2, 0) is 14.8 Å². The van der Waals surface area contributed by atoms with E-state index in [1.165, 1.54) is 10.4 Å². The molecule has 1 N–H and O–H groups in total. The summed E-state index contributed by atoms with van der Waals surface area (Å²) in [6.45, 7) is 5.17. The van der Waals surface area contributed by atoms with Crippen molar-refractivity contribution in [3.8, 4) is 0 Å². The summed E-state index contributed by atoms with van der Waals surface area (Å²) in [6, 6.07) is 11.0. The third kappa shape index (κ3) is 5.51. The number of rotatable bonds is 8. The summed E-state index contributed by atoms with van der Waals surface area (Å²) in [5.41, 5.74) is 1.88. The first kappa shape index (κ1) is 23.0. The van der Waals surface area contributed by atoms with Crippen LogP contribution in [0.15, 0.2) is 47.4 Å². The number of anilines is 1. The maximum atomic E-state index is 12.8. The highest BCUT2D eigenvalue weighted by molar-refractivity contribution is 7.89. The average Bonchev–Trinajstić information content (AvgIpc) is 3.30. The minimum Gasteiger partial charge on any atom is -0.462 e. The molecule has 1 heterocycles. The molecule has 0 spiro atoms. The highest BCUT2D eigenvalue weighted by Crippen LogP contribution is 2.24. The lowest BCUT2D eigenvalue weighted by molar-refractivity contribution is 0.0499. The smallest absolute Gasteiger partial charge is 0.338 e. The van der Waals surface area contributed by atoms with E-state index in [0.717, 1.165) is 25.7 Å². The molecule has 1 aliphatic heterocycles. The molecule has 1 saturated heterocycles. The van der Waals surface area contributed by atoms with Gasteiger partial charge in [0.1, 0.15) is 0 Å². The van der Waals surface area contributed by atoms with Gasteiger partial charge in [-0.2, -0.15) is 4.31 Å². The van der Waals surface area contributed by atoms with Crippen molar-refractivity contribution < 1.29 is 22.7 Å². The molecule has 2 aromatic carbocycles. The third-order valence-corrected chi connectivity index (χ3v) is 7.16. The Kier molecular flexibility index (Phi) is 7.46. The molecular formula is C23H28N2O5S. The number of carbonyl (C=O) groups excluding carboxylic acids is 2. The van der Waals surface area contributed by atoms with Crippen molar-refractivity contribution in [3.05, 3.63) is 59.2 Å². The number of esters is 1. The van der Waals surface area contributed by atoms with Crippen LogP contribution in [0, 0.1) is 6.92 Å². The number of aryl methyl sites for hydroxylation is 1. The molecule has 0 bridgehead atoms. The van der Waals surface area contributed by atoms with Gasteiger partial charge in [0.05, 0.1) is 17.1 Å². The standard InChI is InChI=1S/C23H28N2O5S/c1-3-4-15-30-23(27)18-8-10-19(11-9-18)24-22(26)21-16-20(12-7-17(21)2)31(28,29)25-13-5-6-14-25/h7-12,16H,3-6,13-15H2,1-2H3,(H,24,26). The van der Waals surface area contributed by atoms with Crippen LogP contribution in [0.4, 0.5) is 5.69 Å². The highest BCUT2D eigenvalue weighted by Gasteiger charge is 2.28. The second-order valence-electron chi connectivity index (χ2n) is 7.61. The van der Waals surface area contributed by atoms with Gasteiger partial charge in [0.25, 0.3) is 5.91 Å². The molecule has 8 heteroatoms. The Morgan fingerprint density at radius 2 is 1.74 bits per heavy atom. The van der Waals surface area contributed by atoms with Gasteiger partial charge in [-0.3, -0.25) is 4.79 Å². The van der Waals surface area contributed by atoms with E-state index in [1.54, 1.807) is 43.3 Å². The maximum Gasteiger partial charge on any atom is 0.338 e. The Hall–Kier alpha value is -2.71. The molecule has 0 atom stereocenters. The predicted molar refractivity (Wildman–Crippen MR) is 119 cm³/mol. The number of nitrogens with zero attached hydrogens (tertiary/aromatic N) is 1. The Balaban J connectivity index is 1.72. The van der Waals surface area contributed by atoms with Crippen LogP contribution in [0.2, 0.25) is 0 Å². The minimum absolute atomic E-state index is 0.121. The number of ether oxygens (including phenoxy) is 1. The van der Waals surface area contributed by atoms with Gasteiger partial charge < -0.3 is 10.1 Å². The summed E-state index contributed by atoms with van der Waals surface area (Å²) < 4.78 is 32.3. The number of amides is 1.